The van der Waals surface area contributed by atoms with E-state index in [9.17, 15) is 0 Å². The molecule has 26 heavy (non-hydrogen) atoms. The van der Waals surface area contributed by atoms with Gasteiger partial charge in [-0.3, -0.25) is 4.99 Å². The zero-order valence-electron chi connectivity index (χ0n) is 15.6. The molecule has 1 aliphatic rings. The van der Waals surface area contributed by atoms with Gasteiger partial charge in [-0.2, -0.15) is 0 Å². The highest BCUT2D eigenvalue weighted by atomic mass is 16.5. The molecule has 0 bridgehead atoms. The number of nitrogens with zero attached hydrogens (tertiary/aromatic N) is 3. The number of anilines is 1. The smallest absolute Gasteiger partial charge is 0.194 e. The summed E-state index contributed by atoms with van der Waals surface area (Å²) in [5.41, 5.74) is 1.21. The number of piperazine rings is 1. The standard InChI is InChI=1S/C20H28N4O2/c1-3-21-20(22-10-9-18-8-5-15-26-18)24-13-11-23(12-14-24)17-6-4-7-19(16-17)25-2/h4-8,15-16H,3,9-14H2,1-2H3,(H,21,22). The van der Waals surface area contributed by atoms with Gasteiger partial charge in [0.15, 0.2) is 5.96 Å². The van der Waals surface area contributed by atoms with Crippen LogP contribution in [0.15, 0.2) is 52.1 Å². The number of ether oxygens (including phenoxy) is 1. The molecule has 1 N–H and O–H groups in total. The molecule has 0 radical (unpaired) electrons. The lowest BCUT2D eigenvalue weighted by Crippen LogP contribution is -2.52. The first-order valence-electron chi connectivity index (χ1n) is 9.25. The number of hydrogen-bond acceptors (Lipinski definition) is 4. The quantitative estimate of drug-likeness (QED) is 0.637. The highest BCUT2D eigenvalue weighted by molar-refractivity contribution is 5.80. The van der Waals surface area contributed by atoms with Crippen molar-refractivity contribution >= 4 is 11.6 Å². The molecule has 140 valence electrons. The van der Waals surface area contributed by atoms with E-state index in [4.69, 9.17) is 14.1 Å². The maximum atomic E-state index is 5.38. The molecule has 0 spiro atoms. The molecule has 0 saturated carbocycles. The van der Waals surface area contributed by atoms with Gasteiger partial charge in [-0.1, -0.05) is 6.07 Å². The SMILES string of the molecule is CCNC(=NCCc1ccco1)N1CCN(c2cccc(OC)c2)CC1. The van der Waals surface area contributed by atoms with Gasteiger partial charge >= 0.3 is 0 Å². The van der Waals surface area contributed by atoms with Crippen molar-refractivity contribution in [2.24, 2.45) is 4.99 Å². The predicted octanol–water partition coefficient (Wildman–Crippen LogP) is 2.62. The normalized spacial score (nSPS) is 15.2. The van der Waals surface area contributed by atoms with Crippen molar-refractivity contribution in [3.8, 4) is 5.75 Å². The number of nitrogens with one attached hydrogen (secondary N) is 1. The molecule has 0 unspecified atom stereocenters. The molecular weight excluding hydrogens is 328 g/mol. The zero-order chi connectivity index (χ0) is 18.2. The highest BCUT2D eigenvalue weighted by Gasteiger charge is 2.20. The Kier molecular flexibility index (Phi) is 6.41. The topological polar surface area (TPSA) is 53.2 Å². The van der Waals surface area contributed by atoms with Crippen LogP contribution in [0.25, 0.3) is 0 Å². The second kappa shape index (κ2) is 9.17. The number of methoxy groups -OCH3 is 1. The van der Waals surface area contributed by atoms with Gasteiger partial charge in [0.2, 0.25) is 0 Å². The minimum Gasteiger partial charge on any atom is -0.497 e. The van der Waals surface area contributed by atoms with Crippen LogP contribution in [-0.2, 0) is 6.42 Å². The summed E-state index contributed by atoms with van der Waals surface area (Å²) < 4.78 is 10.7. The summed E-state index contributed by atoms with van der Waals surface area (Å²) in [6, 6.07) is 12.2. The second-order valence-corrected chi connectivity index (χ2v) is 6.24. The Hall–Kier alpha value is -2.63. The number of hydrogen-bond donors (Lipinski definition) is 1. The number of rotatable bonds is 6. The number of aliphatic imine (C=N–C) groups is 1. The van der Waals surface area contributed by atoms with Gasteiger partial charge in [-0.05, 0) is 31.2 Å². The summed E-state index contributed by atoms with van der Waals surface area (Å²) in [6.07, 6.45) is 2.54. The summed E-state index contributed by atoms with van der Waals surface area (Å²) in [7, 11) is 1.71. The Balaban J connectivity index is 1.56. The van der Waals surface area contributed by atoms with Crippen molar-refractivity contribution in [2.75, 3.05) is 51.3 Å². The average Bonchev–Trinajstić information content (AvgIpc) is 3.21. The number of furan rings is 1. The fraction of sp³-hybridized carbons (Fsp3) is 0.450. The number of guanidine groups is 1. The van der Waals surface area contributed by atoms with Crippen molar-refractivity contribution in [3.05, 3.63) is 48.4 Å². The molecule has 1 fully saturated rings. The van der Waals surface area contributed by atoms with Gasteiger partial charge < -0.3 is 24.3 Å². The third kappa shape index (κ3) is 4.71. The summed E-state index contributed by atoms with van der Waals surface area (Å²) in [5, 5.41) is 3.41. The van der Waals surface area contributed by atoms with Crippen LogP contribution in [0.2, 0.25) is 0 Å². The Labute approximate surface area is 155 Å². The van der Waals surface area contributed by atoms with Crippen LogP contribution in [0.4, 0.5) is 5.69 Å². The third-order valence-corrected chi connectivity index (χ3v) is 4.53. The van der Waals surface area contributed by atoms with Crippen LogP contribution in [-0.4, -0.2) is 57.2 Å². The van der Waals surface area contributed by atoms with E-state index in [1.54, 1.807) is 13.4 Å². The Bertz CT molecular complexity index is 692. The van der Waals surface area contributed by atoms with Gasteiger partial charge in [0.25, 0.3) is 0 Å². The first-order valence-corrected chi connectivity index (χ1v) is 9.25. The van der Waals surface area contributed by atoms with Gasteiger partial charge in [0.05, 0.1) is 13.4 Å². The maximum absolute atomic E-state index is 5.38. The molecule has 0 amide bonds. The fourth-order valence-corrected chi connectivity index (χ4v) is 3.14. The van der Waals surface area contributed by atoms with Gasteiger partial charge in [-0.15, -0.1) is 0 Å². The van der Waals surface area contributed by atoms with Crippen molar-refractivity contribution < 1.29 is 9.15 Å². The Morgan fingerprint density at radius 1 is 1.19 bits per heavy atom. The zero-order valence-corrected chi connectivity index (χ0v) is 15.6. The average molecular weight is 356 g/mol. The lowest BCUT2D eigenvalue weighted by atomic mass is 10.2. The molecule has 0 aliphatic carbocycles. The monoisotopic (exact) mass is 356 g/mol. The summed E-state index contributed by atoms with van der Waals surface area (Å²) in [4.78, 5) is 9.50. The van der Waals surface area contributed by atoms with Crippen molar-refractivity contribution in [3.63, 3.8) is 0 Å². The minimum atomic E-state index is 0.728. The van der Waals surface area contributed by atoms with Gasteiger partial charge in [-0.25, -0.2) is 0 Å². The molecule has 1 saturated heterocycles. The summed E-state index contributed by atoms with van der Waals surface area (Å²) in [5.74, 6) is 2.87. The molecule has 1 aliphatic heterocycles. The van der Waals surface area contributed by atoms with Gasteiger partial charge in [0, 0.05) is 57.4 Å². The van der Waals surface area contributed by atoms with E-state index in [0.717, 1.165) is 63.2 Å². The van der Waals surface area contributed by atoms with Crippen LogP contribution in [0.5, 0.6) is 5.75 Å². The van der Waals surface area contributed by atoms with E-state index in [-0.39, 0.29) is 0 Å². The molecule has 0 atom stereocenters. The van der Waals surface area contributed by atoms with Crippen LogP contribution in [0, 0.1) is 0 Å². The molecule has 2 aromatic rings. The summed E-state index contributed by atoms with van der Waals surface area (Å²) in [6.45, 7) is 7.54. The Morgan fingerprint density at radius 3 is 2.73 bits per heavy atom. The number of benzene rings is 1. The summed E-state index contributed by atoms with van der Waals surface area (Å²) >= 11 is 0. The predicted molar refractivity (Wildman–Crippen MR) is 105 cm³/mol. The van der Waals surface area contributed by atoms with Crippen molar-refractivity contribution in [1.29, 1.82) is 0 Å². The fourth-order valence-electron chi connectivity index (χ4n) is 3.14. The van der Waals surface area contributed by atoms with Gasteiger partial charge in [0.1, 0.15) is 11.5 Å². The van der Waals surface area contributed by atoms with E-state index >= 15 is 0 Å². The van der Waals surface area contributed by atoms with E-state index in [1.807, 2.05) is 24.3 Å². The van der Waals surface area contributed by atoms with E-state index < -0.39 is 0 Å². The molecule has 6 heteroatoms. The van der Waals surface area contributed by atoms with Crippen molar-refractivity contribution in [2.45, 2.75) is 13.3 Å². The van der Waals surface area contributed by atoms with Crippen molar-refractivity contribution in [1.82, 2.24) is 10.2 Å². The first kappa shape index (κ1) is 18.2. The lowest BCUT2D eigenvalue weighted by molar-refractivity contribution is 0.372. The van der Waals surface area contributed by atoms with Crippen LogP contribution < -0.4 is 15.0 Å². The third-order valence-electron chi connectivity index (χ3n) is 4.53. The Morgan fingerprint density at radius 2 is 2.04 bits per heavy atom. The maximum Gasteiger partial charge on any atom is 0.194 e. The molecule has 1 aromatic carbocycles. The second-order valence-electron chi connectivity index (χ2n) is 6.24. The van der Waals surface area contributed by atoms with Crippen LogP contribution in [0.1, 0.15) is 12.7 Å². The van der Waals surface area contributed by atoms with Crippen LogP contribution in [0.3, 0.4) is 0 Å². The minimum absolute atomic E-state index is 0.728. The van der Waals surface area contributed by atoms with E-state index in [0.29, 0.717) is 0 Å². The van der Waals surface area contributed by atoms with E-state index in [2.05, 4.69) is 34.2 Å². The largest absolute Gasteiger partial charge is 0.497 e. The lowest BCUT2D eigenvalue weighted by Gasteiger charge is -2.37. The van der Waals surface area contributed by atoms with E-state index in [1.165, 1.54) is 5.69 Å². The molecular formula is C20H28N4O2. The molecule has 2 heterocycles. The highest BCUT2D eigenvalue weighted by Crippen LogP contribution is 2.22. The first-order chi connectivity index (χ1) is 12.8. The van der Waals surface area contributed by atoms with Crippen LogP contribution >= 0.6 is 0 Å². The molecule has 6 nitrogen and oxygen atoms in total. The molecule has 1 aromatic heterocycles. The molecule has 3 rings (SSSR count).